The summed E-state index contributed by atoms with van der Waals surface area (Å²) in [6.45, 7) is 7.88. The molecule has 1 saturated heterocycles. The average molecular weight is 171 g/mol. The largest absolute Gasteiger partial charge is 0.389 e. The van der Waals surface area contributed by atoms with Crippen LogP contribution in [-0.2, 0) is 0 Å². The Morgan fingerprint density at radius 2 is 1.92 bits per heavy atom. The van der Waals surface area contributed by atoms with E-state index in [0.717, 1.165) is 18.5 Å². The summed E-state index contributed by atoms with van der Waals surface area (Å²) in [6, 6.07) is 0. The number of β-amino-alcohol motifs (C(OH)–C–C–N with tert-alkyl or cyclic N) is 2. The molecule has 1 aliphatic rings. The molecule has 0 aliphatic carbocycles. The highest BCUT2D eigenvalue weighted by Crippen LogP contribution is 2.12. The number of rotatable bonds is 3. The molecule has 2 N–H and O–H groups in total. The van der Waals surface area contributed by atoms with Gasteiger partial charge < -0.3 is 10.2 Å². The van der Waals surface area contributed by atoms with E-state index in [4.69, 9.17) is 0 Å². The van der Waals surface area contributed by atoms with Gasteiger partial charge in [-0.3, -0.25) is 4.90 Å². The fourth-order valence-corrected chi connectivity index (χ4v) is 1.40. The molecule has 1 aliphatic heterocycles. The van der Waals surface area contributed by atoms with Gasteiger partial charge in [-0.2, -0.15) is 0 Å². The molecule has 1 rings (SSSR count). The molecule has 0 aromatic rings. The van der Waals surface area contributed by atoms with Crippen LogP contribution in [0, 0.1) is 0 Å². The normalized spacial score (nSPS) is 30.9. The van der Waals surface area contributed by atoms with Crippen molar-refractivity contribution in [1.29, 1.82) is 0 Å². The van der Waals surface area contributed by atoms with Gasteiger partial charge in [-0.05, 0) is 6.42 Å². The topological polar surface area (TPSA) is 43.7 Å². The number of nitrogens with zero attached hydrogens (tertiary/aromatic N) is 1. The Hall–Kier alpha value is -0.380. The van der Waals surface area contributed by atoms with Crippen molar-refractivity contribution in [3.63, 3.8) is 0 Å². The van der Waals surface area contributed by atoms with Gasteiger partial charge in [0.2, 0.25) is 0 Å². The number of hydrogen-bond donors (Lipinski definition) is 2. The second-order valence-electron chi connectivity index (χ2n) is 3.43. The number of aliphatic hydroxyl groups excluding tert-OH is 2. The third-order valence-electron chi connectivity index (χ3n) is 2.28. The van der Waals surface area contributed by atoms with Gasteiger partial charge in [0.15, 0.2) is 0 Å². The molecule has 2 unspecified atom stereocenters. The first-order valence-corrected chi connectivity index (χ1v) is 4.38. The quantitative estimate of drug-likeness (QED) is 0.587. The maximum absolute atomic E-state index is 9.23. The van der Waals surface area contributed by atoms with Crippen molar-refractivity contribution in [2.75, 3.05) is 19.6 Å². The summed E-state index contributed by atoms with van der Waals surface area (Å²) in [4.78, 5) is 2.03. The van der Waals surface area contributed by atoms with Gasteiger partial charge in [0.1, 0.15) is 0 Å². The van der Waals surface area contributed by atoms with E-state index in [0.29, 0.717) is 13.1 Å². The minimum Gasteiger partial charge on any atom is -0.389 e. The molecule has 0 aromatic carbocycles. The summed E-state index contributed by atoms with van der Waals surface area (Å²) in [7, 11) is 0. The third kappa shape index (κ3) is 2.30. The van der Waals surface area contributed by atoms with Gasteiger partial charge in [0.25, 0.3) is 0 Å². The molecule has 1 fully saturated rings. The van der Waals surface area contributed by atoms with Gasteiger partial charge in [-0.15, -0.1) is 0 Å². The van der Waals surface area contributed by atoms with Crippen LogP contribution in [0.15, 0.2) is 12.2 Å². The van der Waals surface area contributed by atoms with Crippen molar-refractivity contribution in [1.82, 2.24) is 4.90 Å². The van der Waals surface area contributed by atoms with E-state index < -0.39 is 12.2 Å². The van der Waals surface area contributed by atoms with Gasteiger partial charge in [-0.1, -0.05) is 19.1 Å². The number of hydrogen-bond acceptors (Lipinski definition) is 3. The maximum Gasteiger partial charge on any atom is 0.0938 e. The second kappa shape index (κ2) is 4.03. The van der Waals surface area contributed by atoms with Crippen molar-refractivity contribution in [2.45, 2.75) is 25.6 Å². The van der Waals surface area contributed by atoms with E-state index in [1.807, 2.05) is 4.90 Å². The highest BCUT2D eigenvalue weighted by molar-refractivity contribution is 4.98. The fraction of sp³-hybridized carbons (Fsp3) is 0.778. The lowest BCUT2D eigenvalue weighted by Gasteiger charge is -2.15. The SMILES string of the molecule is C=C(CC)CN1CC(O)C(O)C1. The summed E-state index contributed by atoms with van der Waals surface area (Å²) in [5.41, 5.74) is 1.15. The summed E-state index contributed by atoms with van der Waals surface area (Å²) in [5.74, 6) is 0. The van der Waals surface area contributed by atoms with Crippen LogP contribution in [0.5, 0.6) is 0 Å². The fourth-order valence-electron chi connectivity index (χ4n) is 1.40. The van der Waals surface area contributed by atoms with Crippen molar-refractivity contribution < 1.29 is 10.2 Å². The second-order valence-corrected chi connectivity index (χ2v) is 3.43. The van der Waals surface area contributed by atoms with Gasteiger partial charge in [-0.25, -0.2) is 0 Å². The number of aliphatic hydroxyl groups is 2. The van der Waals surface area contributed by atoms with Gasteiger partial charge in [0.05, 0.1) is 12.2 Å². The molecule has 0 aromatic heterocycles. The first-order chi connectivity index (χ1) is 5.63. The molecule has 2 atom stereocenters. The van der Waals surface area contributed by atoms with E-state index in [1.54, 1.807) is 0 Å². The average Bonchev–Trinajstić information content (AvgIpc) is 2.31. The predicted octanol–water partition coefficient (Wildman–Crippen LogP) is -0.01000. The summed E-state index contributed by atoms with van der Waals surface area (Å²) >= 11 is 0. The van der Waals surface area contributed by atoms with Crippen molar-refractivity contribution >= 4 is 0 Å². The van der Waals surface area contributed by atoms with Crippen molar-refractivity contribution in [3.05, 3.63) is 12.2 Å². The molecule has 12 heavy (non-hydrogen) atoms. The summed E-state index contributed by atoms with van der Waals surface area (Å²) < 4.78 is 0. The van der Waals surface area contributed by atoms with Crippen LogP contribution in [0.1, 0.15) is 13.3 Å². The Kier molecular flexibility index (Phi) is 3.26. The first kappa shape index (κ1) is 9.71. The van der Waals surface area contributed by atoms with E-state index >= 15 is 0 Å². The van der Waals surface area contributed by atoms with Crippen LogP contribution in [0.25, 0.3) is 0 Å². The summed E-state index contributed by atoms with van der Waals surface area (Å²) in [5, 5.41) is 18.5. The van der Waals surface area contributed by atoms with E-state index in [1.165, 1.54) is 0 Å². The van der Waals surface area contributed by atoms with E-state index in [9.17, 15) is 10.2 Å². The Morgan fingerprint density at radius 1 is 1.42 bits per heavy atom. The van der Waals surface area contributed by atoms with Crippen LogP contribution >= 0.6 is 0 Å². The monoisotopic (exact) mass is 171 g/mol. The van der Waals surface area contributed by atoms with Crippen LogP contribution in [0.3, 0.4) is 0 Å². The van der Waals surface area contributed by atoms with Crippen LogP contribution in [0.4, 0.5) is 0 Å². The zero-order valence-electron chi connectivity index (χ0n) is 7.53. The van der Waals surface area contributed by atoms with Crippen LogP contribution < -0.4 is 0 Å². The molecule has 1 heterocycles. The Labute approximate surface area is 73.3 Å². The van der Waals surface area contributed by atoms with E-state index in [-0.39, 0.29) is 0 Å². The molecule has 3 heteroatoms. The lowest BCUT2D eigenvalue weighted by molar-refractivity contribution is 0.0572. The molecule has 0 bridgehead atoms. The minimum absolute atomic E-state index is 0.570. The minimum atomic E-state index is -0.574. The Morgan fingerprint density at radius 3 is 2.33 bits per heavy atom. The lowest BCUT2D eigenvalue weighted by atomic mass is 10.2. The zero-order valence-corrected chi connectivity index (χ0v) is 7.53. The van der Waals surface area contributed by atoms with Crippen molar-refractivity contribution in [2.24, 2.45) is 0 Å². The van der Waals surface area contributed by atoms with Crippen LogP contribution in [-0.4, -0.2) is 47.0 Å². The highest BCUT2D eigenvalue weighted by Gasteiger charge is 2.28. The Balaban J connectivity index is 2.32. The number of likely N-dealkylation sites (tertiary alicyclic amines) is 1. The molecule has 70 valence electrons. The third-order valence-corrected chi connectivity index (χ3v) is 2.28. The maximum atomic E-state index is 9.23. The standard InChI is InChI=1S/C9H17NO2/c1-3-7(2)4-10-5-8(11)9(12)6-10/h8-9,11-12H,2-6H2,1H3. The van der Waals surface area contributed by atoms with Crippen molar-refractivity contribution in [3.8, 4) is 0 Å². The van der Waals surface area contributed by atoms with Gasteiger partial charge >= 0.3 is 0 Å². The molecule has 0 saturated carbocycles. The summed E-state index contributed by atoms with van der Waals surface area (Å²) in [6.07, 6.45) is -0.188. The lowest BCUT2D eigenvalue weighted by Crippen LogP contribution is -2.24. The Bertz CT molecular complexity index is 160. The molecule has 0 radical (unpaired) electrons. The smallest absolute Gasteiger partial charge is 0.0938 e. The highest BCUT2D eigenvalue weighted by atomic mass is 16.3. The van der Waals surface area contributed by atoms with Crippen LogP contribution in [0.2, 0.25) is 0 Å². The zero-order chi connectivity index (χ0) is 9.14. The van der Waals surface area contributed by atoms with E-state index in [2.05, 4.69) is 13.5 Å². The molecule has 3 nitrogen and oxygen atoms in total. The molecule has 0 amide bonds. The molecule has 0 spiro atoms. The molecular weight excluding hydrogens is 154 g/mol. The molecular formula is C9H17NO2. The van der Waals surface area contributed by atoms with Gasteiger partial charge in [0, 0.05) is 19.6 Å². The predicted molar refractivity (Wildman–Crippen MR) is 47.9 cm³/mol. The first-order valence-electron chi connectivity index (χ1n) is 4.38.